The zero-order valence-corrected chi connectivity index (χ0v) is 12.7. The van der Waals surface area contributed by atoms with Gasteiger partial charge in [-0.15, -0.1) is 0 Å². The highest BCUT2D eigenvalue weighted by Gasteiger charge is 2.53. The van der Waals surface area contributed by atoms with Crippen molar-refractivity contribution in [1.29, 1.82) is 0 Å². The Morgan fingerprint density at radius 1 is 1.30 bits per heavy atom. The summed E-state index contributed by atoms with van der Waals surface area (Å²) in [5, 5.41) is 3.71. The molecule has 0 amide bonds. The molecule has 4 rings (SSSR count). The zero-order valence-electron chi connectivity index (χ0n) is 12.7. The van der Waals surface area contributed by atoms with E-state index in [1.54, 1.807) is 0 Å². The molecule has 0 unspecified atom stereocenters. The first-order valence-electron chi connectivity index (χ1n) is 7.56. The number of nitrogens with one attached hydrogen (secondary N) is 1. The van der Waals surface area contributed by atoms with Crippen LogP contribution in [0.15, 0.2) is 16.5 Å². The molecule has 0 saturated carbocycles. The predicted octanol–water partition coefficient (Wildman–Crippen LogP) is 3.34. The third-order valence-corrected chi connectivity index (χ3v) is 6.05. The number of oxazole rings is 1. The predicted molar refractivity (Wildman–Crippen MR) is 80.0 cm³/mol. The van der Waals surface area contributed by atoms with E-state index in [0.29, 0.717) is 6.04 Å². The van der Waals surface area contributed by atoms with E-state index in [4.69, 9.17) is 4.42 Å². The van der Waals surface area contributed by atoms with Crippen molar-refractivity contribution in [1.82, 2.24) is 10.3 Å². The van der Waals surface area contributed by atoms with Crippen LogP contribution in [0.25, 0.3) is 11.1 Å². The molecule has 2 aliphatic rings. The molecular formula is C17H22N2O. The highest BCUT2D eigenvalue weighted by Crippen LogP contribution is 2.54. The van der Waals surface area contributed by atoms with Crippen molar-refractivity contribution in [3.63, 3.8) is 0 Å². The zero-order chi connectivity index (χ0) is 14.1. The van der Waals surface area contributed by atoms with Gasteiger partial charge in [-0.2, -0.15) is 0 Å². The number of piperidine rings is 1. The summed E-state index contributed by atoms with van der Waals surface area (Å²) in [6, 6.07) is 5.05. The molecule has 2 atom stereocenters. The summed E-state index contributed by atoms with van der Waals surface area (Å²) in [6.45, 7) is 10.3. The summed E-state index contributed by atoms with van der Waals surface area (Å²) < 4.78 is 5.71. The maximum Gasteiger partial charge on any atom is 0.192 e. The molecule has 1 aliphatic carbocycles. The van der Waals surface area contributed by atoms with Crippen LogP contribution in [-0.2, 0) is 11.8 Å². The van der Waals surface area contributed by atoms with Crippen LogP contribution >= 0.6 is 0 Å². The largest absolute Gasteiger partial charge is 0.441 e. The van der Waals surface area contributed by atoms with E-state index in [0.717, 1.165) is 30.0 Å². The van der Waals surface area contributed by atoms with Gasteiger partial charge in [0.1, 0.15) is 5.52 Å². The van der Waals surface area contributed by atoms with Gasteiger partial charge in [0.05, 0.1) is 0 Å². The van der Waals surface area contributed by atoms with Gasteiger partial charge in [-0.05, 0) is 48.1 Å². The van der Waals surface area contributed by atoms with Gasteiger partial charge in [0.25, 0.3) is 0 Å². The molecule has 2 aromatic rings. The standard InChI is InChI=1S/C17H22N2O/c1-10-19-13-9-12-11(7-14(13)20-10)8-15-16(2,3)17(12,4)5-6-18-15/h7,9,15,18H,5-6,8H2,1-4H3/t15-,17-/m0/s1. The maximum absolute atomic E-state index is 5.71. The lowest BCUT2D eigenvalue weighted by atomic mass is 9.51. The van der Waals surface area contributed by atoms with Crippen LogP contribution in [0.5, 0.6) is 0 Å². The molecule has 20 heavy (non-hydrogen) atoms. The van der Waals surface area contributed by atoms with Gasteiger partial charge in [0, 0.05) is 18.4 Å². The first kappa shape index (κ1) is 12.4. The summed E-state index contributed by atoms with van der Waals surface area (Å²) in [7, 11) is 0. The van der Waals surface area contributed by atoms with Gasteiger partial charge in [-0.1, -0.05) is 20.8 Å². The number of benzene rings is 1. The lowest BCUT2D eigenvalue weighted by Gasteiger charge is -2.57. The molecule has 3 heteroatoms. The van der Waals surface area contributed by atoms with Gasteiger partial charge in [0.15, 0.2) is 11.5 Å². The topological polar surface area (TPSA) is 38.1 Å². The minimum absolute atomic E-state index is 0.220. The molecule has 106 valence electrons. The van der Waals surface area contributed by atoms with Crippen molar-refractivity contribution in [3.05, 3.63) is 29.2 Å². The minimum atomic E-state index is 0.220. The van der Waals surface area contributed by atoms with Gasteiger partial charge in [0.2, 0.25) is 0 Å². The Bertz CT molecular complexity index is 700. The summed E-state index contributed by atoms with van der Waals surface area (Å²) >= 11 is 0. The van der Waals surface area contributed by atoms with Crippen molar-refractivity contribution in [3.8, 4) is 0 Å². The number of fused-ring (bicyclic) bond motifs is 5. The highest BCUT2D eigenvalue weighted by atomic mass is 16.3. The second-order valence-corrected chi connectivity index (χ2v) is 7.22. The molecule has 0 spiro atoms. The van der Waals surface area contributed by atoms with E-state index in [1.807, 2.05) is 6.92 Å². The van der Waals surface area contributed by atoms with Crippen molar-refractivity contribution in [2.75, 3.05) is 6.54 Å². The van der Waals surface area contributed by atoms with Crippen LogP contribution in [0.1, 0.15) is 44.2 Å². The van der Waals surface area contributed by atoms with Crippen molar-refractivity contribution in [2.45, 2.75) is 52.0 Å². The number of aryl methyl sites for hydroxylation is 1. The average Bonchev–Trinajstić information content (AvgIpc) is 2.71. The summed E-state index contributed by atoms with van der Waals surface area (Å²) in [4.78, 5) is 4.52. The number of aromatic nitrogens is 1. The third-order valence-electron chi connectivity index (χ3n) is 6.05. The Morgan fingerprint density at radius 2 is 2.10 bits per heavy atom. The van der Waals surface area contributed by atoms with E-state index in [9.17, 15) is 0 Å². The van der Waals surface area contributed by atoms with Crippen molar-refractivity contribution >= 4 is 11.1 Å². The Labute approximate surface area is 119 Å². The Hall–Kier alpha value is -1.35. The van der Waals surface area contributed by atoms with Crippen LogP contribution in [-0.4, -0.2) is 17.6 Å². The van der Waals surface area contributed by atoms with Gasteiger partial charge >= 0.3 is 0 Å². The van der Waals surface area contributed by atoms with E-state index in [1.165, 1.54) is 17.5 Å². The maximum atomic E-state index is 5.71. The SMILES string of the molecule is Cc1nc2cc3c(cc2o1)C[C@@H]1NCC[C@]3(C)C1(C)C. The first-order chi connectivity index (χ1) is 9.42. The number of nitrogens with zero attached hydrogens (tertiary/aromatic N) is 1. The smallest absolute Gasteiger partial charge is 0.192 e. The Morgan fingerprint density at radius 3 is 2.90 bits per heavy atom. The highest BCUT2D eigenvalue weighted by molar-refractivity contribution is 5.76. The van der Waals surface area contributed by atoms with Gasteiger partial charge < -0.3 is 9.73 Å². The second kappa shape index (κ2) is 3.64. The van der Waals surface area contributed by atoms with Gasteiger partial charge in [-0.3, -0.25) is 0 Å². The minimum Gasteiger partial charge on any atom is -0.441 e. The lowest BCUT2D eigenvalue weighted by molar-refractivity contribution is 0.0561. The molecule has 2 bridgehead atoms. The van der Waals surface area contributed by atoms with Crippen molar-refractivity contribution < 1.29 is 4.42 Å². The Balaban J connectivity index is 2.01. The van der Waals surface area contributed by atoms with Crippen LogP contribution in [0.4, 0.5) is 0 Å². The summed E-state index contributed by atoms with van der Waals surface area (Å²) in [5.74, 6) is 0.757. The molecule has 1 aromatic heterocycles. The fourth-order valence-electron chi connectivity index (χ4n) is 4.30. The van der Waals surface area contributed by atoms with Gasteiger partial charge in [-0.25, -0.2) is 4.98 Å². The molecule has 1 fully saturated rings. The lowest BCUT2D eigenvalue weighted by Crippen LogP contribution is -2.62. The molecule has 1 aromatic carbocycles. The normalized spacial score (nSPS) is 31.3. The van der Waals surface area contributed by atoms with Crippen LogP contribution < -0.4 is 5.32 Å². The number of hydrogen-bond acceptors (Lipinski definition) is 3. The third kappa shape index (κ3) is 1.37. The van der Waals surface area contributed by atoms with E-state index in [-0.39, 0.29) is 10.8 Å². The summed E-state index contributed by atoms with van der Waals surface area (Å²) in [5.41, 5.74) is 5.36. The fraction of sp³-hybridized carbons (Fsp3) is 0.588. The first-order valence-corrected chi connectivity index (χ1v) is 7.56. The molecule has 0 radical (unpaired) electrons. The molecule has 2 heterocycles. The number of rotatable bonds is 0. The molecule has 3 nitrogen and oxygen atoms in total. The number of hydrogen-bond donors (Lipinski definition) is 1. The second-order valence-electron chi connectivity index (χ2n) is 7.22. The van der Waals surface area contributed by atoms with E-state index >= 15 is 0 Å². The quantitative estimate of drug-likeness (QED) is 0.798. The average molecular weight is 270 g/mol. The van der Waals surface area contributed by atoms with Crippen molar-refractivity contribution in [2.24, 2.45) is 5.41 Å². The van der Waals surface area contributed by atoms with Crippen LogP contribution in [0.3, 0.4) is 0 Å². The fourth-order valence-corrected chi connectivity index (χ4v) is 4.30. The Kier molecular flexibility index (Phi) is 2.26. The molecule has 1 aliphatic heterocycles. The van der Waals surface area contributed by atoms with Crippen LogP contribution in [0, 0.1) is 12.3 Å². The monoisotopic (exact) mass is 270 g/mol. The van der Waals surface area contributed by atoms with E-state index in [2.05, 4.69) is 43.2 Å². The molecular weight excluding hydrogens is 248 g/mol. The molecule has 1 saturated heterocycles. The summed E-state index contributed by atoms with van der Waals surface area (Å²) in [6.07, 6.45) is 2.28. The van der Waals surface area contributed by atoms with E-state index < -0.39 is 0 Å². The van der Waals surface area contributed by atoms with Crippen LogP contribution in [0.2, 0.25) is 0 Å². The molecule has 1 N–H and O–H groups in total.